The van der Waals surface area contributed by atoms with Gasteiger partial charge >= 0.3 is 0 Å². The molecule has 7 heteroatoms. The van der Waals surface area contributed by atoms with Crippen molar-refractivity contribution in [2.24, 2.45) is 0 Å². The van der Waals surface area contributed by atoms with Gasteiger partial charge in [0.15, 0.2) is 0 Å². The Hall–Kier alpha value is -3.48. The van der Waals surface area contributed by atoms with E-state index in [1.165, 1.54) is 17.2 Å². The number of aromatic nitrogens is 2. The Morgan fingerprint density at radius 2 is 2.07 bits per heavy atom. The smallest absolute Gasteiger partial charge is 0.264 e. The van der Waals surface area contributed by atoms with Gasteiger partial charge in [-0.3, -0.25) is 14.8 Å². The summed E-state index contributed by atoms with van der Waals surface area (Å²) in [5.41, 5.74) is 2.88. The van der Waals surface area contributed by atoms with Crippen LogP contribution in [0.3, 0.4) is 0 Å². The molecule has 1 amide bonds. The van der Waals surface area contributed by atoms with Gasteiger partial charge in [0.25, 0.3) is 5.91 Å². The van der Waals surface area contributed by atoms with Crippen molar-refractivity contribution in [3.05, 3.63) is 71.4 Å². The molecule has 0 radical (unpaired) electrons. The topological polar surface area (TPSA) is 87.7 Å². The summed E-state index contributed by atoms with van der Waals surface area (Å²) in [5, 5.41) is 18.5. The quantitative estimate of drug-likeness (QED) is 0.616. The standard InChI is InChI=1S/C23H25N3O4/c1-3-4-10-18-16-12-17(20(27)13-19(16)25-24-18)23(28)26(2)21-14-29-22(30-21)11-15-8-6-5-7-9-15/h5-9,12-14,22,27H,3-4,10-11H2,1-2H3,(H,24,25). The zero-order valence-corrected chi connectivity index (χ0v) is 17.1. The molecule has 7 nitrogen and oxygen atoms in total. The van der Waals surface area contributed by atoms with Gasteiger partial charge in [0.05, 0.1) is 16.8 Å². The summed E-state index contributed by atoms with van der Waals surface area (Å²) < 4.78 is 11.4. The van der Waals surface area contributed by atoms with Crippen LogP contribution in [0.15, 0.2) is 54.6 Å². The van der Waals surface area contributed by atoms with Crippen molar-refractivity contribution in [1.29, 1.82) is 0 Å². The molecule has 0 fully saturated rings. The second-order valence-electron chi connectivity index (χ2n) is 7.38. The first-order chi connectivity index (χ1) is 14.6. The Kier molecular flexibility index (Phi) is 5.61. The van der Waals surface area contributed by atoms with Gasteiger partial charge in [-0.15, -0.1) is 0 Å². The Labute approximate surface area is 174 Å². The highest BCUT2D eigenvalue weighted by atomic mass is 16.7. The van der Waals surface area contributed by atoms with Crippen molar-refractivity contribution in [1.82, 2.24) is 15.1 Å². The Bertz CT molecular complexity index is 1070. The zero-order chi connectivity index (χ0) is 21.1. The van der Waals surface area contributed by atoms with Crippen molar-refractivity contribution >= 4 is 16.8 Å². The lowest BCUT2D eigenvalue weighted by Crippen LogP contribution is -2.27. The van der Waals surface area contributed by atoms with Gasteiger partial charge < -0.3 is 14.6 Å². The molecule has 0 spiro atoms. The van der Waals surface area contributed by atoms with Crippen LogP contribution in [0.4, 0.5) is 0 Å². The van der Waals surface area contributed by atoms with E-state index in [1.807, 2.05) is 30.3 Å². The third-order valence-corrected chi connectivity index (χ3v) is 5.21. The van der Waals surface area contributed by atoms with Gasteiger partial charge in [-0.25, -0.2) is 0 Å². The fourth-order valence-corrected chi connectivity index (χ4v) is 3.47. The largest absolute Gasteiger partial charge is 0.507 e. The fourth-order valence-electron chi connectivity index (χ4n) is 3.47. The second-order valence-corrected chi connectivity index (χ2v) is 7.38. The van der Waals surface area contributed by atoms with E-state index in [0.717, 1.165) is 35.9 Å². The Morgan fingerprint density at radius 3 is 2.83 bits per heavy atom. The summed E-state index contributed by atoms with van der Waals surface area (Å²) >= 11 is 0. The van der Waals surface area contributed by atoms with E-state index in [0.29, 0.717) is 17.8 Å². The predicted octanol–water partition coefficient (Wildman–Crippen LogP) is 4.10. The molecule has 2 heterocycles. The van der Waals surface area contributed by atoms with Crippen LogP contribution in [0.2, 0.25) is 0 Å². The van der Waals surface area contributed by atoms with Gasteiger partial charge in [0, 0.05) is 24.9 Å². The summed E-state index contributed by atoms with van der Waals surface area (Å²) in [6, 6.07) is 13.1. The maximum absolute atomic E-state index is 13.1. The minimum absolute atomic E-state index is 0.106. The molecular formula is C23H25N3O4. The molecule has 2 aromatic carbocycles. The minimum Gasteiger partial charge on any atom is -0.507 e. The summed E-state index contributed by atoms with van der Waals surface area (Å²) in [5.74, 6) is -0.184. The number of hydrogen-bond donors (Lipinski definition) is 2. The lowest BCUT2D eigenvalue weighted by atomic mass is 10.1. The highest BCUT2D eigenvalue weighted by molar-refractivity contribution is 6.01. The normalized spacial score (nSPS) is 15.5. The molecule has 156 valence electrons. The van der Waals surface area contributed by atoms with Crippen LogP contribution in [0.1, 0.15) is 41.4 Å². The van der Waals surface area contributed by atoms with Crippen molar-refractivity contribution in [3.8, 4) is 5.75 Å². The number of carbonyl (C=O) groups is 1. The number of aromatic hydroxyl groups is 1. The summed E-state index contributed by atoms with van der Waals surface area (Å²) in [6.45, 7) is 2.12. The molecule has 0 aliphatic carbocycles. The first kappa shape index (κ1) is 19.8. The predicted molar refractivity (Wildman–Crippen MR) is 113 cm³/mol. The number of H-pyrrole nitrogens is 1. The average molecular weight is 407 g/mol. The van der Waals surface area contributed by atoms with Crippen molar-refractivity contribution in [2.75, 3.05) is 7.05 Å². The van der Waals surface area contributed by atoms with E-state index >= 15 is 0 Å². The molecule has 1 aliphatic heterocycles. The lowest BCUT2D eigenvalue weighted by molar-refractivity contribution is -0.0432. The van der Waals surface area contributed by atoms with Crippen molar-refractivity contribution in [2.45, 2.75) is 38.9 Å². The molecule has 2 N–H and O–H groups in total. The molecule has 1 aliphatic rings. The SMILES string of the molecule is CCCCc1n[nH]c2cc(O)c(C(=O)N(C)C3=COC(Cc4ccccc4)O3)cc12. The fraction of sp³-hybridized carbons (Fsp3) is 0.304. The highest BCUT2D eigenvalue weighted by Gasteiger charge is 2.28. The number of unbranched alkanes of at least 4 members (excludes halogenated alkanes) is 1. The number of phenolic OH excluding ortho intramolecular Hbond substituents is 1. The Balaban J connectivity index is 1.49. The molecule has 3 aromatic rings. The maximum Gasteiger partial charge on any atom is 0.264 e. The number of phenols is 1. The molecule has 1 unspecified atom stereocenters. The van der Waals surface area contributed by atoms with Crippen LogP contribution in [0.25, 0.3) is 10.9 Å². The number of carbonyl (C=O) groups excluding carboxylic acids is 1. The Morgan fingerprint density at radius 1 is 1.27 bits per heavy atom. The second kappa shape index (κ2) is 8.49. The van der Waals surface area contributed by atoms with Crippen LogP contribution >= 0.6 is 0 Å². The summed E-state index contributed by atoms with van der Waals surface area (Å²) in [7, 11) is 1.60. The highest BCUT2D eigenvalue weighted by Crippen LogP contribution is 2.29. The van der Waals surface area contributed by atoms with E-state index in [2.05, 4.69) is 17.1 Å². The van der Waals surface area contributed by atoms with E-state index in [-0.39, 0.29) is 17.2 Å². The van der Waals surface area contributed by atoms with E-state index in [1.54, 1.807) is 13.1 Å². The third-order valence-electron chi connectivity index (χ3n) is 5.21. The van der Waals surface area contributed by atoms with Crippen LogP contribution in [0.5, 0.6) is 5.75 Å². The first-order valence-corrected chi connectivity index (χ1v) is 10.1. The van der Waals surface area contributed by atoms with Crippen LogP contribution in [-0.4, -0.2) is 39.4 Å². The van der Waals surface area contributed by atoms with Crippen LogP contribution in [-0.2, 0) is 22.3 Å². The lowest BCUT2D eigenvalue weighted by Gasteiger charge is -2.19. The summed E-state index contributed by atoms with van der Waals surface area (Å²) in [6.07, 6.45) is 4.38. The average Bonchev–Trinajstić information content (AvgIpc) is 3.38. The van der Waals surface area contributed by atoms with Crippen molar-refractivity contribution < 1.29 is 19.4 Å². The number of fused-ring (bicyclic) bond motifs is 1. The molecular weight excluding hydrogens is 382 g/mol. The number of aryl methyl sites for hydroxylation is 1. The van der Waals surface area contributed by atoms with Gasteiger partial charge in [-0.1, -0.05) is 43.7 Å². The van der Waals surface area contributed by atoms with Gasteiger partial charge in [-0.05, 0) is 24.5 Å². The number of rotatable bonds is 7. The first-order valence-electron chi connectivity index (χ1n) is 10.1. The van der Waals surface area contributed by atoms with Crippen LogP contribution < -0.4 is 0 Å². The van der Waals surface area contributed by atoms with Gasteiger partial charge in [0.2, 0.25) is 12.2 Å². The zero-order valence-electron chi connectivity index (χ0n) is 17.1. The van der Waals surface area contributed by atoms with Gasteiger partial charge in [-0.2, -0.15) is 5.10 Å². The van der Waals surface area contributed by atoms with E-state index in [4.69, 9.17) is 9.47 Å². The van der Waals surface area contributed by atoms with Gasteiger partial charge in [0.1, 0.15) is 12.0 Å². The van der Waals surface area contributed by atoms with E-state index < -0.39 is 6.29 Å². The minimum atomic E-state index is -0.497. The molecule has 30 heavy (non-hydrogen) atoms. The van der Waals surface area contributed by atoms with E-state index in [9.17, 15) is 9.90 Å². The molecule has 4 rings (SSSR count). The van der Waals surface area contributed by atoms with Crippen molar-refractivity contribution in [3.63, 3.8) is 0 Å². The molecule has 1 aromatic heterocycles. The van der Waals surface area contributed by atoms with Crippen LogP contribution in [0, 0.1) is 0 Å². The maximum atomic E-state index is 13.1. The summed E-state index contributed by atoms with van der Waals surface area (Å²) in [4.78, 5) is 14.4. The third kappa shape index (κ3) is 3.96. The molecule has 0 saturated carbocycles. The monoisotopic (exact) mass is 407 g/mol. The molecule has 0 saturated heterocycles. The molecule has 0 bridgehead atoms. The number of nitrogens with one attached hydrogen (secondary N) is 1. The number of ether oxygens (including phenoxy) is 2. The number of hydrogen-bond acceptors (Lipinski definition) is 5. The number of benzene rings is 2. The number of amides is 1. The molecule has 1 atom stereocenters. The number of nitrogens with zero attached hydrogens (tertiary/aromatic N) is 2. The number of aromatic amines is 1.